The summed E-state index contributed by atoms with van der Waals surface area (Å²) in [6.07, 6.45) is 0. The molecule has 1 fully saturated rings. The fourth-order valence-electron chi connectivity index (χ4n) is 2.96. The lowest BCUT2D eigenvalue weighted by Gasteiger charge is -2.19. The number of hydrogen-bond donors (Lipinski definition) is 1. The number of rotatable bonds is 3. The molecule has 1 aliphatic heterocycles. The minimum absolute atomic E-state index is 0.00956. The molecule has 1 saturated heterocycles. The maximum atomic E-state index is 12.6. The van der Waals surface area contributed by atoms with E-state index in [1.165, 1.54) is 18.2 Å². The molecule has 1 heterocycles. The Kier molecular flexibility index (Phi) is 4.78. The van der Waals surface area contributed by atoms with Crippen molar-refractivity contribution < 1.29 is 18.0 Å². The summed E-state index contributed by atoms with van der Waals surface area (Å²) in [5.41, 5.74) is 0.667. The van der Waals surface area contributed by atoms with Gasteiger partial charge in [0, 0.05) is 11.3 Å². The van der Waals surface area contributed by atoms with Crippen molar-refractivity contribution >= 4 is 44.8 Å². The quantitative estimate of drug-likeness (QED) is 0.844. The van der Waals surface area contributed by atoms with Crippen LogP contribution in [-0.2, 0) is 14.8 Å². The molecule has 2 aromatic rings. The minimum Gasteiger partial charge on any atom is -0.322 e. The van der Waals surface area contributed by atoms with E-state index in [1.54, 1.807) is 26.0 Å². The van der Waals surface area contributed by atoms with Gasteiger partial charge in [-0.05, 0) is 50.6 Å². The van der Waals surface area contributed by atoms with E-state index in [4.69, 9.17) is 11.6 Å². The van der Waals surface area contributed by atoms with Gasteiger partial charge in [0.1, 0.15) is 0 Å². The van der Waals surface area contributed by atoms with E-state index in [0.717, 1.165) is 5.56 Å². The Hall–Kier alpha value is -2.38. The van der Waals surface area contributed by atoms with Crippen LogP contribution in [0.15, 0.2) is 42.5 Å². The number of aryl methyl sites for hydroxylation is 1. The van der Waals surface area contributed by atoms with Crippen LogP contribution >= 0.6 is 11.6 Å². The summed E-state index contributed by atoms with van der Waals surface area (Å²) < 4.78 is 25.7. The van der Waals surface area contributed by atoms with Gasteiger partial charge in [-0.25, -0.2) is 12.7 Å². The van der Waals surface area contributed by atoms with Crippen LogP contribution in [0.3, 0.4) is 0 Å². The maximum Gasteiger partial charge on any atom is 0.255 e. The van der Waals surface area contributed by atoms with Gasteiger partial charge in [-0.3, -0.25) is 9.59 Å². The van der Waals surface area contributed by atoms with E-state index in [2.05, 4.69) is 5.32 Å². The number of nitrogens with zero attached hydrogens (tertiary/aromatic N) is 1. The topological polar surface area (TPSA) is 83.6 Å². The first-order valence-corrected chi connectivity index (χ1v) is 10.3. The third-order valence-electron chi connectivity index (χ3n) is 4.41. The Bertz CT molecular complexity index is 1050. The number of benzene rings is 2. The van der Waals surface area contributed by atoms with Crippen LogP contribution in [0.5, 0.6) is 0 Å². The van der Waals surface area contributed by atoms with Gasteiger partial charge in [0.15, 0.2) is 0 Å². The van der Waals surface area contributed by atoms with Crippen LogP contribution in [0.1, 0.15) is 29.8 Å². The smallest absolute Gasteiger partial charge is 0.255 e. The Labute approximate surface area is 163 Å². The number of halogens is 1. The number of nitrogens with one attached hydrogen (secondary N) is 1. The standard InChI is InChI=1S/C19H19ClN2O4S/c1-12-6-4-5-7-15(12)21-17(23)13-8-9-14(20)16(10-13)22-18(24)19(2,3)11-27(22,25)26/h4-10H,11H2,1-3H3,(H,21,23). The lowest BCUT2D eigenvalue weighted by Crippen LogP contribution is -2.33. The van der Waals surface area contributed by atoms with Gasteiger partial charge >= 0.3 is 0 Å². The number of carbonyl (C=O) groups excluding carboxylic acids is 2. The molecule has 8 heteroatoms. The number of para-hydroxylation sites is 1. The highest BCUT2D eigenvalue weighted by Gasteiger charge is 2.50. The van der Waals surface area contributed by atoms with Gasteiger partial charge in [-0.15, -0.1) is 0 Å². The Morgan fingerprint density at radius 2 is 1.85 bits per heavy atom. The molecule has 0 spiro atoms. The fraction of sp³-hybridized carbons (Fsp3) is 0.263. The molecule has 0 unspecified atom stereocenters. The average molecular weight is 407 g/mol. The largest absolute Gasteiger partial charge is 0.322 e. The van der Waals surface area contributed by atoms with Gasteiger partial charge in [-0.1, -0.05) is 29.8 Å². The summed E-state index contributed by atoms with van der Waals surface area (Å²) >= 11 is 6.16. The highest BCUT2D eigenvalue weighted by molar-refractivity contribution is 7.94. The average Bonchev–Trinajstić information content (AvgIpc) is 2.73. The zero-order valence-corrected chi connectivity index (χ0v) is 16.7. The maximum absolute atomic E-state index is 12.6. The van der Waals surface area contributed by atoms with Crippen LogP contribution in [0.4, 0.5) is 11.4 Å². The van der Waals surface area contributed by atoms with Crippen molar-refractivity contribution in [1.29, 1.82) is 0 Å². The van der Waals surface area contributed by atoms with Crippen molar-refractivity contribution in [2.45, 2.75) is 20.8 Å². The first kappa shape index (κ1) is 19.4. The van der Waals surface area contributed by atoms with Crippen molar-refractivity contribution in [2.24, 2.45) is 5.41 Å². The lowest BCUT2D eigenvalue weighted by atomic mass is 9.95. The summed E-state index contributed by atoms with van der Waals surface area (Å²) in [7, 11) is -3.86. The van der Waals surface area contributed by atoms with Gasteiger partial charge < -0.3 is 5.32 Å². The molecule has 0 aliphatic carbocycles. The van der Waals surface area contributed by atoms with Gasteiger partial charge in [-0.2, -0.15) is 0 Å². The van der Waals surface area contributed by atoms with Crippen molar-refractivity contribution in [1.82, 2.24) is 0 Å². The Balaban J connectivity index is 1.99. The molecule has 3 rings (SSSR count). The zero-order chi connectivity index (χ0) is 20.0. The molecular formula is C19H19ClN2O4S. The van der Waals surface area contributed by atoms with Crippen LogP contribution in [-0.4, -0.2) is 26.0 Å². The highest BCUT2D eigenvalue weighted by Crippen LogP contribution is 2.39. The van der Waals surface area contributed by atoms with Crippen LogP contribution in [0.25, 0.3) is 0 Å². The second kappa shape index (κ2) is 6.65. The van der Waals surface area contributed by atoms with E-state index in [0.29, 0.717) is 9.99 Å². The molecular weight excluding hydrogens is 388 g/mol. The molecule has 0 aromatic heterocycles. The molecule has 2 aromatic carbocycles. The Morgan fingerprint density at radius 3 is 2.44 bits per heavy atom. The van der Waals surface area contributed by atoms with E-state index >= 15 is 0 Å². The number of amides is 2. The van der Waals surface area contributed by atoms with Crippen molar-refractivity contribution in [2.75, 3.05) is 15.4 Å². The highest BCUT2D eigenvalue weighted by atomic mass is 35.5. The third-order valence-corrected chi connectivity index (χ3v) is 6.73. The second-order valence-electron chi connectivity index (χ2n) is 7.14. The normalized spacial score (nSPS) is 17.8. The van der Waals surface area contributed by atoms with Gasteiger partial charge in [0.25, 0.3) is 5.91 Å². The van der Waals surface area contributed by atoms with Crippen LogP contribution < -0.4 is 9.62 Å². The first-order chi connectivity index (χ1) is 12.5. The van der Waals surface area contributed by atoms with E-state index < -0.39 is 27.3 Å². The number of hydrogen-bond acceptors (Lipinski definition) is 4. The number of sulfonamides is 1. The fourth-order valence-corrected chi connectivity index (χ4v) is 5.33. The number of anilines is 2. The van der Waals surface area contributed by atoms with E-state index in [1.807, 2.05) is 19.1 Å². The summed E-state index contributed by atoms with van der Waals surface area (Å²) in [5, 5.41) is 2.86. The second-order valence-corrected chi connectivity index (χ2v) is 9.37. The van der Waals surface area contributed by atoms with Crippen LogP contribution in [0, 0.1) is 12.3 Å². The SMILES string of the molecule is Cc1ccccc1NC(=O)c1ccc(Cl)c(N2C(=O)C(C)(C)CS2(=O)=O)c1. The third kappa shape index (κ3) is 3.57. The molecule has 1 aliphatic rings. The summed E-state index contributed by atoms with van der Waals surface area (Å²) in [4.78, 5) is 25.2. The minimum atomic E-state index is -3.86. The summed E-state index contributed by atoms with van der Waals surface area (Å²) in [5.74, 6) is -1.30. The lowest BCUT2D eigenvalue weighted by molar-refractivity contribution is -0.123. The van der Waals surface area contributed by atoms with Crippen molar-refractivity contribution in [3.63, 3.8) is 0 Å². The zero-order valence-electron chi connectivity index (χ0n) is 15.1. The predicted octanol–water partition coefficient (Wildman–Crippen LogP) is 3.60. The van der Waals surface area contributed by atoms with Gasteiger partial charge in [0.05, 0.1) is 21.9 Å². The first-order valence-electron chi connectivity index (χ1n) is 8.27. The van der Waals surface area contributed by atoms with Gasteiger partial charge in [0.2, 0.25) is 15.9 Å². The number of carbonyl (C=O) groups is 2. The molecule has 1 N–H and O–H groups in total. The molecule has 27 heavy (non-hydrogen) atoms. The molecule has 0 radical (unpaired) electrons. The van der Waals surface area contributed by atoms with Crippen molar-refractivity contribution in [3.05, 3.63) is 58.6 Å². The molecule has 2 amide bonds. The molecule has 0 atom stereocenters. The van der Waals surface area contributed by atoms with Crippen molar-refractivity contribution in [3.8, 4) is 0 Å². The molecule has 6 nitrogen and oxygen atoms in total. The van der Waals surface area contributed by atoms with E-state index in [-0.39, 0.29) is 22.0 Å². The van der Waals surface area contributed by atoms with Crippen LogP contribution in [0.2, 0.25) is 5.02 Å². The molecule has 142 valence electrons. The van der Waals surface area contributed by atoms with E-state index in [9.17, 15) is 18.0 Å². The monoisotopic (exact) mass is 406 g/mol. The summed E-state index contributed by atoms with van der Waals surface area (Å²) in [6.45, 7) is 4.99. The summed E-state index contributed by atoms with van der Waals surface area (Å²) in [6, 6.07) is 11.5. The molecule has 0 saturated carbocycles. The Morgan fingerprint density at radius 1 is 1.19 bits per heavy atom. The predicted molar refractivity (Wildman–Crippen MR) is 106 cm³/mol. The molecule has 0 bridgehead atoms.